The number of amides is 1. The third-order valence-corrected chi connectivity index (χ3v) is 5.02. The fourth-order valence-corrected chi connectivity index (χ4v) is 3.48. The summed E-state index contributed by atoms with van der Waals surface area (Å²) in [7, 11) is 0. The summed E-state index contributed by atoms with van der Waals surface area (Å²) in [5.74, 6) is -0.185. The Bertz CT molecular complexity index is 939. The highest BCUT2D eigenvalue weighted by molar-refractivity contribution is 6.30. The Labute approximate surface area is 163 Å². The van der Waals surface area contributed by atoms with Gasteiger partial charge in [0.1, 0.15) is 5.69 Å². The lowest BCUT2D eigenvalue weighted by Crippen LogP contribution is -2.26. The van der Waals surface area contributed by atoms with Gasteiger partial charge in [-0.05, 0) is 54.3 Å². The molecule has 0 spiro atoms. The van der Waals surface area contributed by atoms with Crippen LogP contribution in [-0.2, 0) is 13.0 Å². The van der Waals surface area contributed by atoms with E-state index in [1.807, 2.05) is 30.3 Å². The van der Waals surface area contributed by atoms with Crippen LogP contribution in [0.3, 0.4) is 0 Å². The number of nitrogens with one attached hydrogen (secondary N) is 1. The molecule has 0 fully saturated rings. The van der Waals surface area contributed by atoms with Crippen molar-refractivity contribution in [3.8, 4) is 0 Å². The summed E-state index contributed by atoms with van der Waals surface area (Å²) in [6.07, 6.45) is 3.99. The van der Waals surface area contributed by atoms with Crippen LogP contribution in [0.1, 0.15) is 28.0 Å². The first-order chi connectivity index (χ1) is 13.2. The molecule has 1 amide bonds. The lowest BCUT2D eigenvalue weighted by Gasteiger charge is -2.31. The molecule has 4 nitrogen and oxygen atoms in total. The highest BCUT2D eigenvalue weighted by atomic mass is 35.5. The Morgan fingerprint density at radius 1 is 1.07 bits per heavy atom. The van der Waals surface area contributed by atoms with Gasteiger partial charge >= 0.3 is 0 Å². The van der Waals surface area contributed by atoms with Gasteiger partial charge in [-0.3, -0.25) is 4.79 Å². The third-order valence-electron chi connectivity index (χ3n) is 4.77. The Kier molecular flexibility index (Phi) is 5.07. The first-order valence-corrected chi connectivity index (χ1v) is 9.43. The summed E-state index contributed by atoms with van der Waals surface area (Å²) in [6, 6.07) is 19.6. The van der Waals surface area contributed by atoms with Crippen molar-refractivity contribution in [2.45, 2.75) is 19.4 Å². The molecule has 0 unspecified atom stereocenters. The summed E-state index contributed by atoms with van der Waals surface area (Å²) >= 11 is 5.88. The Hall–Kier alpha value is -2.85. The number of para-hydroxylation sites is 1. The number of fused-ring (bicyclic) bond motifs is 1. The molecule has 0 bridgehead atoms. The van der Waals surface area contributed by atoms with Gasteiger partial charge in [-0.15, -0.1) is 0 Å². The number of pyridine rings is 1. The van der Waals surface area contributed by atoms with Crippen LogP contribution in [0.15, 0.2) is 66.9 Å². The van der Waals surface area contributed by atoms with E-state index in [0.717, 1.165) is 30.6 Å². The summed E-state index contributed by atoms with van der Waals surface area (Å²) < 4.78 is 0. The Balaban J connectivity index is 1.44. The Morgan fingerprint density at radius 3 is 2.67 bits per heavy atom. The van der Waals surface area contributed by atoms with Crippen molar-refractivity contribution in [1.29, 1.82) is 0 Å². The van der Waals surface area contributed by atoms with E-state index in [4.69, 9.17) is 11.6 Å². The lowest BCUT2D eigenvalue weighted by molar-refractivity contribution is 0.0946. The number of halogens is 1. The van der Waals surface area contributed by atoms with Crippen LogP contribution in [0.2, 0.25) is 5.02 Å². The summed E-state index contributed by atoms with van der Waals surface area (Å²) in [6.45, 7) is 1.40. The number of hydrogen-bond acceptors (Lipinski definition) is 3. The van der Waals surface area contributed by atoms with Crippen molar-refractivity contribution in [2.24, 2.45) is 0 Å². The van der Waals surface area contributed by atoms with Crippen LogP contribution in [0.4, 0.5) is 11.4 Å². The molecule has 27 heavy (non-hydrogen) atoms. The van der Waals surface area contributed by atoms with Crippen LogP contribution < -0.4 is 10.2 Å². The molecule has 0 saturated heterocycles. The maximum Gasteiger partial charge on any atom is 0.270 e. The monoisotopic (exact) mass is 377 g/mol. The number of benzene rings is 2. The number of aryl methyl sites for hydroxylation is 1. The number of nitrogens with zero attached hydrogens (tertiary/aromatic N) is 2. The predicted molar refractivity (Wildman–Crippen MR) is 109 cm³/mol. The van der Waals surface area contributed by atoms with Crippen molar-refractivity contribution < 1.29 is 4.79 Å². The van der Waals surface area contributed by atoms with Crippen molar-refractivity contribution in [2.75, 3.05) is 11.4 Å². The first kappa shape index (κ1) is 17.6. The minimum Gasteiger partial charge on any atom is -0.347 e. The van der Waals surface area contributed by atoms with Gasteiger partial charge in [0.15, 0.2) is 0 Å². The molecule has 3 aromatic rings. The predicted octanol–water partition coefficient (Wildman–Crippen LogP) is 4.75. The molecule has 1 aliphatic rings. The normalized spacial score (nSPS) is 13.1. The molecule has 5 heteroatoms. The number of anilines is 2. The summed E-state index contributed by atoms with van der Waals surface area (Å²) in [5, 5.41) is 3.57. The average molecular weight is 378 g/mol. The number of carbonyl (C=O) groups is 1. The van der Waals surface area contributed by atoms with Crippen molar-refractivity contribution in [1.82, 2.24) is 10.3 Å². The van der Waals surface area contributed by atoms with Crippen LogP contribution in [0, 0.1) is 0 Å². The van der Waals surface area contributed by atoms with E-state index >= 15 is 0 Å². The molecule has 1 aromatic heterocycles. The zero-order valence-corrected chi connectivity index (χ0v) is 15.6. The van der Waals surface area contributed by atoms with Crippen molar-refractivity contribution >= 4 is 28.9 Å². The van der Waals surface area contributed by atoms with E-state index in [2.05, 4.69) is 39.5 Å². The SMILES string of the molecule is O=C(NCc1ccc(Cl)cc1)c1ccc(N2CCCc3ccccc32)cn1. The average Bonchev–Trinajstić information content (AvgIpc) is 2.73. The third kappa shape index (κ3) is 3.96. The van der Waals surface area contributed by atoms with Gasteiger partial charge in [-0.2, -0.15) is 0 Å². The first-order valence-electron chi connectivity index (χ1n) is 9.05. The Morgan fingerprint density at radius 2 is 1.89 bits per heavy atom. The maximum atomic E-state index is 12.4. The van der Waals surface area contributed by atoms with Gasteiger partial charge < -0.3 is 10.2 Å². The minimum absolute atomic E-state index is 0.185. The van der Waals surface area contributed by atoms with E-state index in [1.165, 1.54) is 11.3 Å². The summed E-state index contributed by atoms with van der Waals surface area (Å²) in [5.41, 5.74) is 5.00. The topological polar surface area (TPSA) is 45.2 Å². The van der Waals surface area contributed by atoms with Gasteiger partial charge in [0.2, 0.25) is 0 Å². The van der Waals surface area contributed by atoms with Crippen LogP contribution in [0.25, 0.3) is 0 Å². The second kappa shape index (κ2) is 7.80. The lowest BCUT2D eigenvalue weighted by atomic mass is 10.0. The van der Waals surface area contributed by atoms with Crippen molar-refractivity contribution in [3.05, 3.63) is 88.7 Å². The van der Waals surface area contributed by atoms with Gasteiger partial charge in [0, 0.05) is 23.8 Å². The van der Waals surface area contributed by atoms with Crippen LogP contribution in [0.5, 0.6) is 0 Å². The zero-order valence-electron chi connectivity index (χ0n) is 14.9. The van der Waals surface area contributed by atoms with Gasteiger partial charge in [0.25, 0.3) is 5.91 Å². The molecule has 0 atom stereocenters. The van der Waals surface area contributed by atoms with E-state index in [0.29, 0.717) is 17.3 Å². The highest BCUT2D eigenvalue weighted by Gasteiger charge is 2.18. The zero-order chi connectivity index (χ0) is 18.6. The number of hydrogen-bond donors (Lipinski definition) is 1. The number of carbonyl (C=O) groups excluding carboxylic acids is 1. The molecule has 1 N–H and O–H groups in total. The molecule has 0 aliphatic carbocycles. The summed E-state index contributed by atoms with van der Waals surface area (Å²) in [4.78, 5) is 19.0. The standard InChI is InChI=1S/C22H20ClN3O/c23-18-9-7-16(8-10-18)14-25-22(27)20-12-11-19(15-24-20)26-13-3-5-17-4-1-2-6-21(17)26/h1-2,4,6-12,15H,3,5,13-14H2,(H,25,27). The molecular formula is C22H20ClN3O. The van der Waals surface area contributed by atoms with Gasteiger partial charge in [0.05, 0.1) is 11.9 Å². The van der Waals surface area contributed by atoms with Crippen LogP contribution >= 0.6 is 11.6 Å². The van der Waals surface area contributed by atoms with E-state index in [-0.39, 0.29) is 5.91 Å². The molecule has 4 rings (SSSR count). The van der Waals surface area contributed by atoms with Crippen molar-refractivity contribution in [3.63, 3.8) is 0 Å². The molecule has 0 saturated carbocycles. The quantitative estimate of drug-likeness (QED) is 0.713. The number of aromatic nitrogens is 1. The van der Waals surface area contributed by atoms with Gasteiger partial charge in [-0.1, -0.05) is 41.9 Å². The maximum absolute atomic E-state index is 12.4. The van der Waals surface area contributed by atoms with E-state index in [1.54, 1.807) is 12.3 Å². The van der Waals surface area contributed by atoms with E-state index in [9.17, 15) is 4.79 Å². The molecule has 2 aromatic carbocycles. The molecule has 1 aliphatic heterocycles. The smallest absolute Gasteiger partial charge is 0.270 e. The molecular weight excluding hydrogens is 358 g/mol. The fourth-order valence-electron chi connectivity index (χ4n) is 3.36. The molecule has 2 heterocycles. The second-order valence-corrected chi connectivity index (χ2v) is 7.03. The largest absolute Gasteiger partial charge is 0.347 e. The van der Waals surface area contributed by atoms with E-state index < -0.39 is 0 Å². The molecule has 136 valence electrons. The minimum atomic E-state index is -0.185. The molecule has 0 radical (unpaired) electrons. The number of rotatable bonds is 4. The fraction of sp³-hybridized carbons (Fsp3) is 0.182. The van der Waals surface area contributed by atoms with Crippen LogP contribution in [-0.4, -0.2) is 17.4 Å². The highest BCUT2D eigenvalue weighted by Crippen LogP contribution is 2.32. The van der Waals surface area contributed by atoms with Gasteiger partial charge in [-0.25, -0.2) is 4.98 Å². The second-order valence-electron chi connectivity index (χ2n) is 6.59.